The first-order chi connectivity index (χ1) is 9.02. The van der Waals surface area contributed by atoms with Crippen molar-refractivity contribution in [3.05, 3.63) is 29.3 Å². The van der Waals surface area contributed by atoms with Crippen LogP contribution in [0.1, 0.15) is 6.92 Å². The molecule has 1 N–H and O–H groups in total. The third kappa shape index (κ3) is 5.81. The highest BCUT2D eigenvalue weighted by atomic mass is 35.5. The van der Waals surface area contributed by atoms with Gasteiger partial charge in [0.1, 0.15) is 6.61 Å². The van der Waals surface area contributed by atoms with Gasteiger partial charge in [0.05, 0.1) is 5.88 Å². The van der Waals surface area contributed by atoms with Gasteiger partial charge in [-0.2, -0.15) is 0 Å². The third-order valence-corrected chi connectivity index (χ3v) is 2.40. The van der Waals surface area contributed by atoms with Gasteiger partial charge in [-0.3, -0.25) is 5.32 Å². The van der Waals surface area contributed by atoms with Crippen LogP contribution in [-0.2, 0) is 14.3 Å². The average molecular weight is 306 g/mol. The molecule has 1 aromatic carbocycles. The van der Waals surface area contributed by atoms with Crippen LogP contribution in [-0.4, -0.2) is 30.7 Å². The topological polar surface area (TPSA) is 64.6 Å². The molecular formula is C12H13Cl2NO4. The number of ether oxygens (including phenoxy) is 2. The fraction of sp³-hybridized carbons (Fsp3) is 0.333. The summed E-state index contributed by atoms with van der Waals surface area (Å²) in [5.74, 6) is -0.463. The van der Waals surface area contributed by atoms with E-state index in [0.717, 1.165) is 0 Å². The number of alkyl halides is 1. The number of hydrogen-bond acceptors (Lipinski definition) is 4. The first-order valence-electron chi connectivity index (χ1n) is 5.48. The van der Waals surface area contributed by atoms with Crippen molar-refractivity contribution in [2.24, 2.45) is 0 Å². The molecule has 0 unspecified atom stereocenters. The minimum Gasteiger partial charge on any atom is -0.462 e. The van der Waals surface area contributed by atoms with E-state index in [9.17, 15) is 9.59 Å². The molecule has 7 heteroatoms. The quantitative estimate of drug-likeness (QED) is 0.671. The van der Waals surface area contributed by atoms with Crippen molar-refractivity contribution >= 4 is 41.0 Å². The SMILES string of the molecule is C[C@H](OC(=O)Nc1cccc(Cl)c1)C(=O)OCCCl. The van der Waals surface area contributed by atoms with Crippen LogP contribution in [0, 0.1) is 0 Å². The first-order valence-corrected chi connectivity index (χ1v) is 6.40. The highest BCUT2D eigenvalue weighted by Gasteiger charge is 2.19. The number of anilines is 1. The van der Waals surface area contributed by atoms with Crippen LogP contribution < -0.4 is 5.32 Å². The standard InChI is InChI=1S/C12H13Cl2NO4/c1-8(11(16)18-6-5-13)19-12(17)15-10-4-2-3-9(14)7-10/h2-4,7-8H,5-6H2,1H3,(H,15,17)/t8-/m0/s1. The summed E-state index contributed by atoms with van der Waals surface area (Å²) in [7, 11) is 0. The number of carbonyl (C=O) groups is 2. The van der Waals surface area contributed by atoms with Gasteiger partial charge in [0.15, 0.2) is 6.10 Å². The molecule has 19 heavy (non-hydrogen) atoms. The Balaban J connectivity index is 2.44. The summed E-state index contributed by atoms with van der Waals surface area (Å²) in [6.45, 7) is 1.48. The predicted octanol–water partition coefficient (Wildman–Crippen LogP) is 3.06. The Bertz CT molecular complexity index is 453. The maximum absolute atomic E-state index is 11.5. The summed E-state index contributed by atoms with van der Waals surface area (Å²) in [6, 6.07) is 6.54. The molecule has 0 saturated heterocycles. The summed E-state index contributed by atoms with van der Waals surface area (Å²) >= 11 is 11.1. The Hall–Kier alpha value is -1.46. The van der Waals surface area contributed by atoms with Crippen LogP contribution in [0.4, 0.5) is 10.5 Å². The molecule has 0 aromatic heterocycles. The van der Waals surface area contributed by atoms with Crippen LogP contribution in [0.2, 0.25) is 5.02 Å². The molecule has 1 aromatic rings. The highest BCUT2D eigenvalue weighted by Crippen LogP contribution is 2.15. The molecule has 104 valence electrons. The lowest BCUT2D eigenvalue weighted by Gasteiger charge is -2.13. The van der Waals surface area contributed by atoms with Crippen molar-refractivity contribution in [1.82, 2.24) is 0 Å². The van der Waals surface area contributed by atoms with Crippen LogP contribution in [0.5, 0.6) is 0 Å². The largest absolute Gasteiger partial charge is 0.462 e. The lowest BCUT2D eigenvalue weighted by molar-refractivity contribution is -0.151. The zero-order valence-electron chi connectivity index (χ0n) is 10.2. The molecule has 0 spiro atoms. The maximum Gasteiger partial charge on any atom is 0.412 e. The summed E-state index contributed by atoms with van der Waals surface area (Å²) in [5.41, 5.74) is 0.471. The summed E-state index contributed by atoms with van der Waals surface area (Å²) in [4.78, 5) is 22.8. The number of benzene rings is 1. The summed E-state index contributed by atoms with van der Waals surface area (Å²) in [6.07, 6.45) is -1.78. The Morgan fingerprint density at radius 2 is 2.16 bits per heavy atom. The van der Waals surface area contributed by atoms with E-state index in [1.165, 1.54) is 6.92 Å². The number of hydrogen-bond donors (Lipinski definition) is 1. The fourth-order valence-corrected chi connectivity index (χ4v) is 1.45. The average Bonchev–Trinajstić information content (AvgIpc) is 2.35. The summed E-state index contributed by atoms with van der Waals surface area (Å²) in [5, 5.41) is 2.92. The molecule has 0 aliphatic carbocycles. The van der Waals surface area contributed by atoms with Crippen molar-refractivity contribution in [1.29, 1.82) is 0 Å². The Morgan fingerprint density at radius 1 is 1.42 bits per heavy atom. The van der Waals surface area contributed by atoms with Crippen LogP contribution in [0.25, 0.3) is 0 Å². The molecule has 1 rings (SSSR count). The van der Waals surface area contributed by atoms with E-state index in [4.69, 9.17) is 32.7 Å². The summed E-state index contributed by atoms with van der Waals surface area (Å²) < 4.78 is 9.57. The Morgan fingerprint density at radius 3 is 2.79 bits per heavy atom. The van der Waals surface area contributed by atoms with Gasteiger partial charge < -0.3 is 9.47 Å². The highest BCUT2D eigenvalue weighted by molar-refractivity contribution is 6.30. The second kappa shape index (κ2) is 7.86. The van der Waals surface area contributed by atoms with Gasteiger partial charge in [-0.25, -0.2) is 9.59 Å². The van der Waals surface area contributed by atoms with E-state index in [2.05, 4.69) is 5.32 Å². The molecule has 0 heterocycles. The molecule has 0 saturated carbocycles. The lowest BCUT2D eigenvalue weighted by Crippen LogP contribution is -2.29. The van der Waals surface area contributed by atoms with Crippen molar-refractivity contribution in [3.8, 4) is 0 Å². The second-order valence-electron chi connectivity index (χ2n) is 3.54. The Kier molecular flexibility index (Phi) is 6.45. The van der Waals surface area contributed by atoms with E-state index in [1.54, 1.807) is 24.3 Å². The predicted molar refractivity (Wildman–Crippen MR) is 72.7 cm³/mol. The monoisotopic (exact) mass is 305 g/mol. The number of nitrogens with one attached hydrogen (secondary N) is 1. The van der Waals surface area contributed by atoms with Crippen molar-refractivity contribution < 1.29 is 19.1 Å². The van der Waals surface area contributed by atoms with Crippen LogP contribution in [0.3, 0.4) is 0 Å². The number of halogens is 2. The van der Waals surface area contributed by atoms with Gasteiger partial charge in [0.25, 0.3) is 0 Å². The third-order valence-electron chi connectivity index (χ3n) is 2.01. The zero-order valence-corrected chi connectivity index (χ0v) is 11.7. The van der Waals surface area contributed by atoms with Gasteiger partial charge in [-0.15, -0.1) is 11.6 Å². The van der Waals surface area contributed by atoms with Crippen LogP contribution >= 0.6 is 23.2 Å². The normalized spacial score (nSPS) is 11.5. The molecular weight excluding hydrogens is 293 g/mol. The number of esters is 1. The van der Waals surface area contributed by atoms with Gasteiger partial charge in [-0.1, -0.05) is 17.7 Å². The van der Waals surface area contributed by atoms with Gasteiger partial charge in [-0.05, 0) is 25.1 Å². The Labute approximate surface area is 120 Å². The van der Waals surface area contributed by atoms with Crippen molar-refractivity contribution in [2.75, 3.05) is 17.8 Å². The first kappa shape index (κ1) is 15.6. The lowest BCUT2D eigenvalue weighted by atomic mass is 10.3. The minimum atomic E-state index is -1.01. The molecule has 1 amide bonds. The van der Waals surface area contributed by atoms with E-state index < -0.39 is 18.2 Å². The smallest absolute Gasteiger partial charge is 0.412 e. The van der Waals surface area contributed by atoms with E-state index in [-0.39, 0.29) is 12.5 Å². The zero-order chi connectivity index (χ0) is 14.3. The molecule has 0 fully saturated rings. The van der Waals surface area contributed by atoms with Gasteiger partial charge in [0.2, 0.25) is 0 Å². The molecule has 0 aliphatic heterocycles. The fourth-order valence-electron chi connectivity index (χ4n) is 1.18. The van der Waals surface area contributed by atoms with E-state index in [1.807, 2.05) is 0 Å². The second-order valence-corrected chi connectivity index (χ2v) is 4.35. The molecule has 0 aliphatic rings. The van der Waals surface area contributed by atoms with Crippen molar-refractivity contribution in [2.45, 2.75) is 13.0 Å². The van der Waals surface area contributed by atoms with E-state index >= 15 is 0 Å². The number of carbonyl (C=O) groups excluding carboxylic acids is 2. The van der Waals surface area contributed by atoms with Crippen LogP contribution in [0.15, 0.2) is 24.3 Å². The maximum atomic E-state index is 11.5. The number of amides is 1. The van der Waals surface area contributed by atoms with E-state index in [0.29, 0.717) is 10.7 Å². The molecule has 1 atom stereocenters. The van der Waals surface area contributed by atoms with Gasteiger partial charge >= 0.3 is 12.1 Å². The minimum absolute atomic E-state index is 0.0734. The molecule has 5 nitrogen and oxygen atoms in total. The number of rotatable bonds is 5. The van der Waals surface area contributed by atoms with Crippen molar-refractivity contribution in [3.63, 3.8) is 0 Å². The van der Waals surface area contributed by atoms with Gasteiger partial charge in [0, 0.05) is 10.7 Å². The molecule has 0 bridgehead atoms. The molecule has 0 radical (unpaired) electrons.